The molecule has 0 aliphatic heterocycles. The zero-order valence-electron chi connectivity index (χ0n) is 12.4. The summed E-state index contributed by atoms with van der Waals surface area (Å²) in [6.45, 7) is 0. The molecule has 5 rings (SSSR count). The van der Waals surface area contributed by atoms with Gasteiger partial charge in [0.15, 0.2) is 0 Å². The Hall–Kier alpha value is -2.86. The molecule has 0 bridgehead atoms. The third-order valence-corrected chi connectivity index (χ3v) is 5.17. The van der Waals surface area contributed by atoms with Crippen molar-refractivity contribution in [3.8, 4) is 0 Å². The number of imidazole rings is 1. The van der Waals surface area contributed by atoms with Gasteiger partial charge in [-0.3, -0.25) is 9.20 Å². The summed E-state index contributed by atoms with van der Waals surface area (Å²) in [6.07, 6.45) is 0. The number of rotatable bonds is 0. The van der Waals surface area contributed by atoms with E-state index in [1.807, 2.05) is 30.3 Å². The molecule has 5 nitrogen and oxygen atoms in total. The van der Waals surface area contributed by atoms with Crippen LogP contribution in [0.3, 0.4) is 0 Å². The Bertz CT molecular complexity index is 1360. The molecular weight excluding hydrogens is 368 g/mol. The molecule has 0 saturated heterocycles. The smallest absolute Gasteiger partial charge is 0.264 e. The number of nitrogens with zero attached hydrogens (tertiary/aromatic N) is 2. The third-order valence-electron chi connectivity index (χ3n) is 4.47. The highest BCUT2D eigenvalue weighted by Gasteiger charge is 2.18. The molecule has 0 saturated carbocycles. The van der Waals surface area contributed by atoms with Gasteiger partial charge in [0.2, 0.25) is 0 Å². The zero-order chi connectivity index (χ0) is 16.6. The standard InChI is InChI=1S/C18H11BrN4O/c19-12-5-4-11-15-9(12)2-1-3-10(15)17-22-16-13(21)6-8(20)7-14(16)23(17)18(11)24/h1-7H,20-21H2. The fraction of sp³-hybridized carbons (Fsp3) is 0. The van der Waals surface area contributed by atoms with Crippen molar-refractivity contribution in [3.63, 3.8) is 0 Å². The van der Waals surface area contributed by atoms with Gasteiger partial charge in [-0.1, -0.05) is 34.1 Å². The van der Waals surface area contributed by atoms with E-state index < -0.39 is 0 Å². The van der Waals surface area contributed by atoms with E-state index in [0.717, 1.165) is 20.6 Å². The van der Waals surface area contributed by atoms with Crippen molar-refractivity contribution in [1.82, 2.24) is 9.38 Å². The Morgan fingerprint density at radius 3 is 2.62 bits per heavy atom. The lowest BCUT2D eigenvalue weighted by atomic mass is 10.0. The fourth-order valence-corrected chi connectivity index (χ4v) is 3.93. The van der Waals surface area contributed by atoms with Crippen molar-refractivity contribution in [2.75, 3.05) is 11.5 Å². The van der Waals surface area contributed by atoms with Crippen molar-refractivity contribution in [1.29, 1.82) is 0 Å². The summed E-state index contributed by atoms with van der Waals surface area (Å²) in [5.74, 6) is 0. The lowest BCUT2D eigenvalue weighted by Gasteiger charge is -2.08. The minimum atomic E-state index is -0.117. The van der Waals surface area contributed by atoms with Crippen LogP contribution in [0.2, 0.25) is 0 Å². The molecule has 116 valence electrons. The number of nitrogens with two attached hydrogens (primary N) is 2. The number of aromatic nitrogens is 2. The highest BCUT2D eigenvalue weighted by Crippen LogP contribution is 2.34. The van der Waals surface area contributed by atoms with Gasteiger partial charge in [0, 0.05) is 26.3 Å². The summed E-state index contributed by atoms with van der Waals surface area (Å²) in [7, 11) is 0. The number of pyridine rings is 1. The highest BCUT2D eigenvalue weighted by atomic mass is 79.9. The number of hydrogen-bond donors (Lipinski definition) is 2. The SMILES string of the molecule is Nc1cc(N)c2nc3c4cccc5c(Br)ccc(c(=O)n3c2c1)c54. The van der Waals surface area contributed by atoms with Crippen molar-refractivity contribution in [2.45, 2.75) is 0 Å². The molecule has 2 aromatic heterocycles. The molecule has 0 atom stereocenters. The minimum Gasteiger partial charge on any atom is -0.399 e. The zero-order valence-corrected chi connectivity index (χ0v) is 14.0. The molecule has 0 unspecified atom stereocenters. The van der Waals surface area contributed by atoms with E-state index in [1.165, 1.54) is 0 Å². The lowest BCUT2D eigenvalue weighted by Crippen LogP contribution is -2.13. The van der Waals surface area contributed by atoms with Gasteiger partial charge in [0.1, 0.15) is 11.2 Å². The molecule has 2 heterocycles. The maximum absolute atomic E-state index is 13.1. The van der Waals surface area contributed by atoms with Gasteiger partial charge in [0.25, 0.3) is 5.56 Å². The average molecular weight is 379 g/mol. The van der Waals surface area contributed by atoms with Crippen LogP contribution in [0.25, 0.3) is 38.2 Å². The molecule has 24 heavy (non-hydrogen) atoms. The van der Waals surface area contributed by atoms with E-state index >= 15 is 0 Å². The maximum Gasteiger partial charge on any atom is 0.264 e. The van der Waals surface area contributed by atoms with Crippen molar-refractivity contribution >= 4 is 65.5 Å². The molecule has 0 aliphatic rings. The van der Waals surface area contributed by atoms with Crippen LogP contribution in [0.1, 0.15) is 0 Å². The van der Waals surface area contributed by atoms with Gasteiger partial charge >= 0.3 is 0 Å². The topological polar surface area (TPSA) is 86.4 Å². The summed E-state index contributed by atoms with van der Waals surface area (Å²) in [6, 6.07) is 13.1. The van der Waals surface area contributed by atoms with Crippen LogP contribution in [0.5, 0.6) is 0 Å². The second-order valence-corrected chi connectivity index (χ2v) is 6.73. The van der Waals surface area contributed by atoms with Crippen LogP contribution in [-0.4, -0.2) is 9.38 Å². The van der Waals surface area contributed by atoms with Gasteiger partial charge in [0.05, 0.1) is 11.2 Å². The van der Waals surface area contributed by atoms with Gasteiger partial charge in [-0.05, 0) is 29.7 Å². The third kappa shape index (κ3) is 1.53. The first-order valence-electron chi connectivity index (χ1n) is 7.40. The van der Waals surface area contributed by atoms with Crippen LogP contribution < -0.4 is 17.0 Å². The summed E-state index contributed by atoms with van der Waals surface area (Å²) in [5.41, 5.74) is 14.7. The van der Waals surface area contributed by atoms with E-state index in [4.69, 9.17) is 11.5 Å². The Morgan fingerprint density at radius 2 is 1.79 bits per heavy atom. The number of fused-ring (bicyclic) bond motifs is 4. The van der Waals surface area contributed by atoms with Crippen molar-refractivity contribution in [3.05, 3.63) is 57.3 Å². The first kappa shape index (κ1) is 13.6. The van der Waals surface area contributed by atoms with Gasteiger partial charge in [-0.25, -0.2) is 4.98 Å². The van der Waals surface area contributed by atoms with E-state index in [-0.39, 0.29) is 5.56 Å². The van der Waals surface area contributed by atoms with Gasteiger partial charge < -0.3 is 11.5 Å². The van der Waals surface area contributed by atoms with E-state index in [0.29, 0.717) is 33.4 Å². The number of anilines is 2. The Balaban J connectivity index is 2.22. The highest BCUT2D eigenvalue weighted by molar-refractivity contribution is 9.10. The molecule has 0 spiro atoms. The molecule has 0 aliphatic carbocycles. The van der Waals surface area contributed by atoms with Crippen LogP contribution in [0.15, 0.2) is 51.7 Å². The van der Waals surface area contributed by atoms with Gasteiger partial charge in [-0.15, -0.1) is 0 Å². The van der Waals surface area contributed by atoms with Crippen molar-refractivity contribution in [2.24, 2.45) is 0 Å². The number of halogens is 1. The summed E-state index contributed by atoms with van der Waals surface area (Å²) in [5, 5.41) is 3.46. The minimum absolute atomic E-state index is 0.117. The maximum atomic E-state index is 13.1. The summed E-state index contributed by atoms with van der Waals surface area (Å²) >= 11 is 3.56. The number of hydrogen-bond acceptors (Lipinski definition) is 4. The first-order chi connectivity index (χ1) is 11.6. The normalized spacial score (nSPS) is 12.0. The average Bonchev–Trinajstić information content (AvgIpc) is 2.94. The molecule has 3 aromatic carbocycles. The van der Waals surface area contributed by atoms with Crippen LogP contribution in [-0.2, 0) is 0 Å². The number of benzene rings is 3. The van der Waals surface area contributed by atoms with Crippen LogP contribution in [0, 0.1) is 0 Å². The predicted octanol–water partition coefficient (Wildman–Crippen LogP) is 3.52. The monoisotopic (exact) mass is 378 g/mol. The van der Waals surface area contributed by atoms with E-state index in [1.54, 1.807) is 16.5 Å². The molecular formula is C18H11BrN4O. The molecule has 4 N–H and O–H groups in total. The Kier molecular flexibility index (Phi) is 2.46. The molecule has 0 amide bonds. The lowest BCUT2D eigenvalue weighted by molar-refractivity contribution is 1.19. The largest absolute Gasteiger partial charge is 0.399 e. The second kappa shape index (κ2) is 4.36. The Labute approximate surface area is 144 Å². The van der Waals surface area contributed by atoms with E-state index in [9.17, 15) is 4.79 Å². The quantitative estimate of drug-likeness (QED) is 0.403. The van der Waals surface area contributed by atoms with E-state index in [2.05, 4.69) is 20.9 Å². The fourth-order valence-electron chi connectivity index (χ4n) is 3.47. The number of nitrogen functional groups attached to an aromatic ring is 2. The summed E-state index contributed by atoms with van der Waals surface area (Å²) < 4.78 is 2.55. The first-order valence-corrected chi connectivity index (χ1v) is 8.19. The van der Waals surface area contributed by atoms with Crippen molar-refractivity contribution < 1.29 is 0 Å². The molecule has 0 radical (unpaired) electrons. The predicted molar refractivity (Wildman–Crippen MR) is 102 cm³/mol. The Morgan fingerprint density at radius 1 is 1.00 bits per heavy atom. The second-order valence-electron chi connectivity index (χ2n) is 5.88. The van der Waals surface area contributed by atoms with Gasteiger partial charge in [-0.2, -0.15) is 0 Å². The molecule has 6 heteroatoms. The summed E-state index contributed by atoms with van der Waals surface area (Å²) in [4.78, 5) is 17.8. The van der Waals surface area contributed by atoms with Crippen LogP contribution in [0.4, 0.5) is 11.4 Å². The van der Waals surface area contributed by atoms with Crippen LogP contribution >= 0.6 is 15.9 Å². The molecule has 0 fully saturated rings. The molecule has 5 aromatic rings.